The van der Waals surface area contributed by atoms with E-state index in [0.717, 1.165) is 19.3 Å². The smallest absolute Gasteiger partial charge is 0.322 e. The van der Waals surface area contributed by atoms with Crippen molar-refractivity contribution in [2.75, 3.05) is 7.11 Å². The quantitative estimate of drug-likeness (QED) is 0.635. The number of carbonyl (C=O) groups excluding carboxylic acids is 1. The number of piperidine rings is 1. The molecule has 12 heavy (non-hydrogen) atoms. The lowest BCUT2D eigenvalue weighted by Crippen LogP contribution is -2.45. The standard InChI is InChI=1S/C8H15NO2.ClH/c1-6-4-3-5-7(9-6)8(10)11-2;/h6-7,9H,3-5H2,1-2H3;1H/t6-,7-;/m1./s1. The summed E-state index contributed by atoms with van der Waals surface area (Å²) < 4.78 is 4.64. The molecule has 0 spiro atoms. The van der Waals surface area contributed by atoms with Crippen LogP contribution in [0.4, 0.5) is 0 Å². The summed E-state index contributed by atoms with van der Waals surface area (Å²) in [5.74, 6) is -0.128. The average molecular weight is 194 g/mol. The van der Waals surface area contributed by atoms with Crippen molar-refractivity contribution in [3.05, 3.63) is 0 Å². The second-order valence-electron chi connectivity index (χ2n) is 3.07. The van der Waals surface area contributed by atoms with Crippen molar-refractivity contribution in [2.45, 2.75) is 38.3 Å². The van der Waals surface area contributed by atoms with Gasteiger partial charge in [-0.3, -0.25) is 4.79 Å². The van der Waals surface area contributed by atoms with Crippen LogP contribution in [0.15, 0.2) is 0 Å². The highest BCUT2D eigenvalue weighted by atomic mass is 35.5. The Morgan fingerprint density at radius 3 is 2.67 bits per heavy atom. The normalized spacial score (nSPS) is 28.8. The molecule has 1 fully saturated rings. The molecule has 0 saturated carbocycles. The zero-order valence-corrected chi connectivity index (χ0v) is 8.32. The molecular weight excluding hydrogens is 178 g/mol. The van der Waals surface area contributed by atoms with Crippen molar-refractivity contribution in [1.82, 2.24) is 5.32 Å². The van der Waals surface area contributed by atoms with Gasteiger partial charge in [0.2, 0.25) is 0 Å². The fraction of sp³-hybridized carbons (Fsp3) is 0.875. The minimum Gasteiger partial charge on any atom is -0.468 e. The van der Waals surface area contributed by atoms with Crippen LogP contribution in [0.3, 0.4) is 0 Å². The second-order valence-corrected chi connectivity index (χ2v) is 3.07. The molecule has 0 radical (unpaired) electrons. The maximum absolute atomic E-state index is 11.0. The predicted octanol–water partition coefficient (Wildman–Crippen LogP) is 1.11. The Hall–Kier alpha value is -0.280. The molecule has 0 aromatic carbocycles. The molecule has 0 aromatic rings. The molecule has 1 heterocycles. The van der Waals surface area contributed by atoms with Gasteiger partial charge in [-0.05, 0) is 26.2 Å². The maximum Gasteiger partial charge on any atom is 0.322 e. The third kappa shape index (κ3) is 2.99. The van der Waals surface area contributed by atoms with Gasteiger partial charge in [-0.25, -0.2) is 0 Å². The molecule has 2 atom stereocenters. The van der Waals surface area contributed by atoms with E-state index in [2.05, 4.69) is 17.0 Å². The van der Waals surface area contributed by atoms with Crippen molar-refractivity contribution in [3.63, 3.8) is 0 Å². The molecular formula is C8H16ClNO2. The van der Waals surface area contributed by atoms with Gasteiger partial charge >= 0.3 is 5.97 Å². The Balaban J connectivity index is 0.00000121. The Bertz CT molecular complexity index is 152. The number of hydrogen-bond acceptors (Lipinski definition) is 3. The van der Waals surface area contributed by atoms with E-state index >= 15 is 0 Å². The Kier molecular flexibility index (Phi) is 5.25. The molecule has 0 unspecified atom stereocenters. The lowest BCUT2D eigenvalue weighted by Gasteiger charge is -2.26. The number of ether oxygens (including phenoxy) is 1. The summed E-state index contributed by atoms with van der Waals surface area (Å²) >= 11 is 0. The van der Waals surface area contributed by atoms with Crippen molar-refractivity contribution >= 4 is 18.4 Å². The van der Waals surface area contributed by atoms with E-state index < -0.39 is 0 Å². The van der Waals surface area contributed by atoms with Crippen molar-refractivity contribution in [1.29, 1.82) is 0 Å². The largest absolute Gasteiger partial charge is 0.468 e. The number of halogens is 1. The molecule has 1 aliphatic heterocycles. The lowest BCUT2D eigenvalue weighted by atomic mass is 10.00. The Morgan fingerprint density at radius 2 is 2.17 bits per heavy atom. The van der Waals surface area contributed by atoms with Gasteiger partial charge in [0.1, 0.15) is 6.04 Å². The van der Waals surface area contributed by atoms with Gasteiger partial charge < -0.3 is 10.1 Å². The van der Waals surface area contributed by atoms with E-state index in [-0.39, 0.29) is 24.4 Å². The molecule has 0 amide bonds. The van der Waals surface area contributed by atoms with Crippen molar-refractivity contribution in [2.24, 2.45) is 0 Å². The first-order chi connectivity index (χ1) is 5.24. The first kappa shape index (κ1) is 11.7. The van der Waals surface area contributed by atoms with E-state index in [1.807, 2.05) is 0 Å². The van der Waals surface area contributed by atoms with E-state index in [4.69, 9.17) is 0 Å². The second kappa shape index (κ2) is 5.38. The molecule has 1 saturated heterocycles. The van der Waals surface area contributed by atoms with Gasteiger partial charge in [0.25, 0.3) is 0 Å². The maximum atomic E-state index is 11.0. The third-order valence-corrected chi connectivity index (χ3v) is 2.10. The summed E-state index contributed by atoms with van der Waals surface area (Å²) in [6, 6.07) is 0.386. The summed E-state index contributed by atoms with van der Waals surface area (Å²) in [6.07, 6.45) is 3.19. The van der Waals surface area contributed by atoms with Gasteiger partial charge in [0, 0.05) is 6.04 Å². The average Bonchev–Trinajstić information content (AvgIpc) is 2.03. The molecule has 1 rings (SSSR count). The highest BCUT2D eigenvalue weighted by Crippen LogP contribution is 2.12. The van der Waals surface area contributed by atoms with Crippen LogP contribution in [0.25, 0.3) is 0 Å². The van der Waals surface area contributed by atoms with E-state index in [1.54, 1.807) is 0 Å². The van der Waals surface area contributed by atoms with Gasteiger partial charge in [0.05, 0.1) is 7.11 Å². The zero-order valence-electron chi connectivity index (χ0n) is 7.50. The molecule has 1 aliphatic rings. The van der Waals surface area contributed by atoms with E-state index in [0.29, 0.717) is 6.04 Å². The fourth-order valence-electron chi connectivity index (χ4n) is 1.47. The minimum absolute atomic E-state index is 0. The Morgan fingerprint density at radius 1 is 1.50 bits per heavy atom. The summed E-state index contributed by atoms with van der Waals surface area (Å²) in [7, 11) is 1.43. The Labute approximate surface area is 79.3 Å². The first-order valence-electron chi connectivity index (χ1n) is 4.08. The first-order valence-corrected chi connectivity index (χ1v) is 4.08. The fourth-order valence-corrected chi connectivity index (χ4v) is 1.47. The van der Waals surface area contributed by atoms with E-state index in [9.17, 15) is 4.79 Å². The molecule has 4 heteroatoms. The highest BCUT2D eigenvalue weighted by Gasteiger charge is 2.24. The summed E-state index contributed by atoms with van der Waals surface area (Å²) in [4.78, 5) is 11.0. The van der Waals surface area contributed by atoms with Gasteiger partial charge in [-0.1, -0.05) is 0 Å². The van der Waals surface area contributed by atoms with Crippen LogP contribution in [0.2, 0.25) is 0 Å². The minimum atomic E-state index is -0.128. The summed E-state index contributed by atoms with van der Waals surface area (Å²) in [5, 5.41) is 3.19. The van der Waals surface area contributed by atoms with Crippen molar-refractivity contribution in [3.8, 4) is 0 Å². The summed E-state index contributed by atoms with van der Waals surface area (Å²) in [6.45, 7) is 2.09. The number of nitrogens with one attached hydrogen (secondary N) is 1. The lowest BCUT2D eigenvalue weighted by molar-refractivity contribution is -0.144. The van der Waals surface area contributed by atoms with Crippen LogP contribution in [-0.2, 0) is 9.53 Å². The predicted molar refractivity (Wildman–Crippen MR) is 49.5 cm³/mol. The number of hydrogen-bond donors (Lipinski definition) is 1. The van der Waals surface area contributed by atoms with Crippen molar-refractivity contribution < 1.29 is 9.53 Å². The third-order valence-electron chi connectivity index (χ3n) is 2.10. The molecule has 0 bridgehead atoms. The number of esters is 1. The van der Waals surface area contributed by atoms with Crippen LogP contribution in [0, 0.1) is 0 Å². The monoisotopic (exact) mass is 193 g/mol. The van der Waals surface area contributed by atoms with Crippen LogP contribution < -0.4 is 5.32 Å². The highest BCUT2D eigenvalue weighted by molar-refractivity contribution is 5.85. The SMILES string of the molecule is COC(=O)[C@H]1CCC[C@@H](C)N1.Cl. The zero-order chi connectivity index (χ0) is 8.27. The van der Waals surface area contributed by atoms with Gasteiger partial charge in [-0.2, -0.15) is 0 Å². The number of methoxy groups -OCH3 is 1. The topological polar surface area (TPSA) is 38.3 Å². The number of rotatable bonds is 1. The van der Waals surface area contributed by atoms with Gasteiger partial charge in [0.15, 0.2) is 0 Å². The number of carbonyl (C=O) groups is 1. The van der Waals surface area contributed by atoms with Crippen LogP contribution in [-0.4, -0.2) is 25.2 Å². The molecule has 0 aromatic heterocycles. The molecule has 3 nitrogen and oxygen atoms in total. The van der Waals surface area contributed by atoms with Crippen LogP contribution >= 0.6 is 12.4 Å². The van der Waals surface area contributed by atoms with Crippen LogP contribution in [0.5, 0.6) is 0 Å². The molecule has 1 N–H and O–H groups in total. The summed E-state index contributed by atoms with van der Waals surface area (Å²) in [5.41, 5.74) is 0. The molecule has 72 valence electrons. The molecule has 0 aliphatic carbocycles. The van der Waals surface area contributed by atoms with Gasteiger partial charge in [-0.15, -0.1) is 12.4 Å². The van der Waals surface area contributed by atoms with E-state index in [1.165, 1.54) is 7.11 Å². The van der Waals surface area contributed by atoms with Crippen LogP contribution in [0.1, 0.15) is 26.2 Å².